The van der Waals surface area contributed by atoms with E-state index in [1.807, 2.05) is 0 Å². The van der Waals surface area contributed by atoms with E-state index in [-0.39, 0.29) is 37.2 Å². The van der Waals surface area contributed by atoms with Crippen molar-refractivity contribution in [1.82, 2.24) is 9.80 Å². The second-order valence-electron chi connectivity index (χ2n) is 8.24. The summed E-state index contributed by atoms with van der Waals surface area (Å²) in [6, 6.07) is 9.80. The van der Waals surface area contributed by atoms with Crippen molar-refractivity contribution in [2.45, 2.75) is 44.9 Å². The Labute approximate surface area is 185 Å². The van der Waals surface area contributed by atoms with Crippen molar-refractivity contribution in [1.29, 1.82) is 0 Å². The standard InChI is InChI=1S/C23H25N3O6/c1-15(2)25-21(29)17-8-4-5-9-18(17)26-19(27)10-11-23(25,26)22(30)32-14-20(28)24(3)13-16-7-6-12-31-16/h4-9,12,15H,10-11,13-14H2,1-3H3. The van der Waals surface area contributed by atoms with Gasteiger partial charge < -0.3 is 19.0 Å². The van der Waals surface area contributed by atoms with Crippen molar-refractivity contribution >= 4 is 29.4 Å². The van der Waals surface area contributed by atoms with Crippen molar-refractivity contribution in [3.63, 3.8) is 0 Å². The molecule has 0 spiro atoms. The number of benzene rings is 1. The van der Waals surface area contributed by atoms with E-state index in [1.54, 1.807) is 57.3 Å². The molecule has 2 aliphatic rings. The second kappa shape index (κ2) is 8.14. The van der Waals surface area contributed by atoms with Gasteiger partial charge in [0.1, 0.15) is 5.76 Å². The summed E-state index contributed by atoms with van der Waals surface area (Å²) in [4.78, 5) is 56.4. The number of carbonyl (C=O) groups excluding carboxylic acids is 4. The maximum Gasteiger partial charge on any atom is 0.354 e. The van der Waals surface area contributed by atoms with Crippen LogP contribution in [0.15, 0.2) is 47.1 Å². The molecule has 9 nitrogen and oxygen atoms in total. The minimum atomic E-state index is -1.61. The van der Waals surface area contributed by atoms with E-state index in [0.29, 0.717) is 17.0 Å². The van der Waals surface area contributed by atoms with Gasteiger partial charge in [0.15, 0.2) is 6.61 Å². The lowest BCUT2D eigenvalue weighted by molar-refractivity contribution is -0.162. The first kappa shape index (κ1) is 21.6. The lowest BCUT2D eigenvalue weighted by Crippen LogP contribution is -2.70. The van der Waals surface area contributed by atoms with Gasteiger partial charge in [-0.1, -0.05) is 12.1 Å². The number of furan rings is 1. The summed E-state index contributed by atoms with van der Waals surface area (Å²) in [6.45, 7) is 3.28. The van der Waals surface area contributed by atoms with E-state index >= 15 is 0 Å². The fourth-order valence-corrected chi connectivity index (χ4v) is 4.45. The van der Waals surface area contributed by atoms with Crippen LogP contribution in [0.2, 0.25) is 0 Å². The molecule has 0 N–H and O–H groups in total. The molecule has 9 heteroatoms. The molecule has 1 aromatic heterocycles. The molecule has 2 aromatic rings. The minimum Gasteiger partial charge on any atom is -0.467 e. The molecule has 3 heterocycles. The highest BCUT2D eigenvalue weighted by molar-refractivity contribution is 6.15. The fourth-order valence-electron chi connectivity index (χ4n) is 4.45. The van der Waals surface area contributed by atoms with Gasteiger partial charge in [0.25, 0.3) is 11.8 Å². The molecule has 1 atom stereocenters. The average molecular weight is 439 g/mol. The smallest absolute Gasteiger partial charge is 0.354 e. The Morgan fingerprint density at radius 2 is 1.94 bits per heavy atom. The van der Waals surface area contributed by atoms with E-state index in [0.717, 1.165) is 0 Å². The molecule has 0 aliphatic carbocycles. The van der Waals surface area contributed by atoms with Crippen LogP contribution in [0.25, 0.3) is 0 Å². The highest BCUT2D eigenvalue weighted by Gasteiger charge is 2.62. The number of likely N-dealkylation sites (N-methyl/N-ethyl adjacent to an activating group) is 1. The molecule has 168 valence electrons. The van der Waals surface area contributed by atoms with Crippen molar-refractivity contribution in [3.05, 3.63) is 54.0 Å². The summed E-state index contributed by atoms with van der Waals surface area (Å²) < 4.78 is 10.7. The summed E-state index contributed by atoms with van der Waals surface area (Å²) in [5.41, 5.74) is -0.874. The summed E-state index contributed by atoms with van der Waals surface area (Å²) in [5, 5.41) is 0. The van der Waals surface area contributed by atoms with Crippen LogP contribution in [0.4, 0.5) is 5.69 Å². The van der Waals surface area contributed by atoms with Crippen LogP contribution in [-0.2, 0) is 25.7 Å². The van der Waals surface area contributed by atoms with E-state index < -0.39 is 24.1 Å². The van der Waals surface area contributed by atoms with E-state index in [4.69, 9.17) is 9.15 Å². The lowest BCUT2D eigenvalue weighted by atomic mass is 9.95. The molecule has 32 heavy (non-hydrogen) atoms. The highest BCUT2D eigenvalue weighted by atomic mass is 16.5. The Hall–Kier alpha value is -3.62. The largest absolute Gasteiger partial charge is 0.467 e. The van der Waals surface area contributed by atoms with Gasteiger partial charge in [0, 0.05) is 25.9 Å². The Morgan fingerprint density at radius 1 is 1.19 bits per heavy atom. The van der Waals surface area contributed by atoms with Crippen LogP contribution in [0.5, 0.6) is 0 Å². The van der Waals surface area contributed by atoms with Gasteiger partial charge in [-0.15, -0.1) is 0 Å². The Balaban J connectivity index is 1.61. The number of fused-ring (bicyclic) bond motifs is 3. The first-order valence-corrected chi connectivity index (χ1v) is 10.5. The van der Waals surface area contributed by atoms with Crippen molar-refractivity contribution < 1.29 is 28.3 Å². The number of ether oxygens (including phenoxy) is 1. The third kappa shape index (κ3) is 3.34. The Kier molecular flexibility index (Phi) is 5.50. The molecule has 1 aromatic carbocycles. The number of rotatable bonds is 6. The quantitative estimate of drug-likeness (QED) is 0.640. The van der Waals surface area contributed by atoms with Gasteiger partial charge in [-0.3, -0.25) is 19.3 Å². The summed E-state index contributed by atoms with van der Waals surface area (Å²) in [5.74, 6) is -1.24. The molecule has 0 bridgehead atoms. The molecular weight excluding hydrogens is 414 g/mol. The van der Waals surface area contributed by atoms with Crippen molar-refractivity contribution in [2.24, 2.45) is 0 Å². The molecule has 2 aliphatic heterocycles. The highest BCUT2D eigenvalue weighted by Crippen LogP contribution is 2.45. The lowest BCUT2D eigenvalue weighted by Gasteiger charge is -2.50. The number of nitrogens with zero attached hydrogens (tertiary/aromatic N) is 3. The molecule has 3 amide bonds. The monoisotopic (exact) mass is 439 g/mol. The molecule has 1 saturated heterocycles. The average Bonchev–Trinajstić information content (AvgIpc) is 3.40. The normalized spacial score (nSPS) is 19.8. The van der Waals surface area contributed by atoms with E-state index in [1.165, 1.54) is 21.0 Å². The van der Waals surface area contributed by atoms with Gasteiger partial charge in [0.05, 0.1) is 24.1 Å². The molecule has 1 unspecified atom stereocenters. The Bertz CT molecular complexity index is 1060. The number of esters is 1. The maximum absolute atomic E-state index is 13.5. The van der Waals surface area contributed by atoms with E-state index in [9.17, 15) is 19.2 Å². The number of anilines is 1. The third-order valence-electron chi connectivity index (χ3n) is 5.87. The topological polar surface area (TPSA) is 100 Å². The van der Waals surface area contributed by atoms with Gasteiger partial charge >= 0.3 is 5.97 Å². The van der Waals surface area contributed by atoms with Crippen LogP contribution >= 0.6 is 0 Å². The number of amides is 3. The number of para-hydroxylation sites is 1. The molecule has 4 rings (SSSR count). The third-order valence-corrected chi connectivity index (χ3v) is 5.87. The predicted molar refractivity (Wildman–Crippen MR) is 113 cm³/mol. The van der Waals surface area contributed by atoms with Crippen molar-refractivity contribution in [2.75, 3.05) is 18.6 Å². The van der Waals surface area contributed by atoms with Crippen LogP contribution in [0.1, 0.15) is 42.8 Å². The first-order chi connectivity index (χ1) is 15.3. The molecule has 0 saturated carbocycles. The minimum absolute atomic E-state index is 0.0896. The zero-order chi connectivity index (χ0) is 23.0. The second-order valence-corrected chi connectivity index (χ2v) is 8.24. The van der Waals surface area contributed by atoms with Gasteiger partial charge in [-0.25, -0.2) is 4.79 Å². The SMILES string of the molecule is CC(C)N1C(=O)c2ccccc2N2C(=O)CCC21C(=O)OCC(=O)N(C)Cc1ccco1. The molecule has 1 fully saturated rings. The van der Waals surface area contributed by atoms with Crippen LogP contribution in [0, 0.1) is 0 Å². The van der Waals surface area contributed by atoms with Crippen LogP contribution in [0.3, 0.4) is 0 Å². The Morgan fingerprint density at radius 3 is 2.62 bits per heavy atom. The molecular formula is C23H25N3O6. The van der Waals surface area contributed by atoms with Crippen LogP contribution < -0.4 is 4.90 Å². The van der Waals surface area contributed by atoms with Gasteiger partial charge in [-0.05, 0) is 38.1 Å². The number of hydrogen-bond acceptors (Lipinski definition) is 6. The maximum atomic E-state index is 13.5. The number of hydrogen-bond donors (Lipinski definition) is 0. The summed E-state index contributed by atoms with van der Waals surface area (Å²) in [6.07, 6.45) is 1.70. The zero-order valence-electron chi connectivity index (χ0n) is 18.2. The van der Waals surface area contributed by atoms with E-state index in [2.05, 4.69) is 0 Å². The predicted octanol–water partition coefficient (Wildman–Crippen LogP) is 2.17. The first-order valence-electron chi connectivity index (χ1n) is 10.5. The zero-order valence-corrected chi connectivity index (χ0v) is 18.2. The summed E-state index contributed by atoms with van der Waals surface area (Å²) >= 11 is 0. The van der Waals surface area contributed by atoms with Gasteiger partial charge in [0.2, 0.25) is 11.6 Å². The van der Waals surface area contributed by atoms with Gasteiger partial charge in [-0.2, -0.15) is 0 Å². The van der Waals surface area contributed by atoms with Crippen LogP contribution in [-0.4, -0.2) is 58.8 Å². The number of carbonyl (C=O) groups is 4. The summed E-state index contributed by atoms with van der Waals surface area (Å²) in [7, 11) is 1.57. The molecule has 0 radical (unpaired) electrons. The van der Waals surface area contributed by atoms with Crippen molar-refractivity contribution in [3.8, 4) is 0 Å². The fraction of sp³-hybridized carbons (Fsp3) is 0.391.